The van der Waals surface area contributed by atoms with E-state index >= 15 is 0 Å². The SMILES string of the molecule is CC(C)(C)OC(=O)NCC1CCCCN1C(=O)c1cc(S(N)(=O)=O)ccc1Br. The molecule has 1 aromatic carbocycles. The summed E-state index contributed by atoms with van der Waals surface area (Å²) in [5.74, 6) is -0.312. The van der Waals surface area contributed by atoms with Gasteiger partial charge in [0.25, 0.3) is 5.91 Å². The topological polar surface area (TPSA) is 119 Å². The van der Waals surface area contributed by atoms with E-state index in [1.807, 2.05) is 0 Å². The van der Waals surface area contributed by atoms with Gasteiger partial charge in [0.1, 0.15) is 5.60 Å². The van der Waals surface area contributed by atoms with Crippen LogP contribution in [0.15, 0.2) is 27.6 Å². The Morgan fingerprint density at radius 1 is 1.32 bits per heavy atom. The number of carbonyl (C=O) groups is 2. The van der Waals surface area contributed by atoms with Crippen LogP contribution in [0.5, 0.6) is 0 Å². The predicted octanol–water partition coefficient (Wildman–Crippen LogP) is 2.62. The Labute approximate surface area is 174 Å². The monoisotopic (exact) mass is 475 g/mol. The van der Waals surface area contributed by atoms with Crippen LogP contribution in [0.1, 0.15) is 50.4 Å². The summed E-state index contributed by atoms with van der Waals surface area (Å²) < 4.78 is 29.0. The summed E-state index contributed by atoms with van der Waals surface area (Å²) in [7, 11) is -3.92. The van der Waals surface area contributed by atoms with Crippen LogP contribution in [0, 0.1) is 0 Å². The van der Waals surface area contributed by atoms with Gasteiger partial charge in [0.2, 0.25) is 10.0 Å². The summed E-state index contributed by atoms with van der Waals surface area (Å²) in [4.78, 5) is 26.6. The third-order valence-electron chi connectivity index (χ3n) is 4.27. The Bertz CT molecular complexity index is 851. The molecule has 3 N–H and O–H groups in total. The normalized spacial score (nSPS) is 17.9. The third-order valence-corrected chi connectivity index (χ3v) is 5.87. The van der Waals surface area contributed by atoms with Crippen molar-refractivity contribution in [1.29, 1.82) is 0 Å². The van der Waals surface area contributed by atoms with Crippen molar-refractivity contribution >= 4 is 38.0 Å². The Balaban J connectivity index is 2.17. The van der Waals surface area contributed by atoms with E-state index in [0.717, 1.165) is 19.3 Å². The van der Waals surface area contributed by atoms with Crippen molar-refractivity contribution in [2.75, 3.05) is 13.1 Å². The van der Waals surface area contributed by atoms with Gasteiger partial charge < -0.3 is 15.0 Å². The average molecular weight is 476 g/mol. The Kier molecular flexibility index (Phi) is 7.11. The number of halogens is 1. The lowest BCUT2D eigenvalue weighted by molar-refractivity contribution is 0.0462. The molecule has 156 valence electrons. The summed E-state index contributed by atoms with van der Waals surface area (Å²) in [6, 6.07) is 3.90. The highest BCUT2D eigenvalue weighted by molar-refractivity contribution is 9.10. The molecule has 1 saturated heterocycles. The zero-order chi connectivity index (χ0) is 21.1. The first-order valence-electron chi connectivity index (χ1n) is 8.98. The molecule has 1 heterocycles. The molecule has 8 nitrogen and oxygen atoms in total. The van der Waals surface area contributed by atoms with Crippen LogP contribution in [0.25, 0.3) is 0 Å². The fourth-order valence-corrected chi connectivity index (χ4v) is 3.95. The zero-order valence-corrected chi connectivity index (χ0v) is 18.6. The number of hydrogen-bond acceptors (Lipinski definition) is 5. The van der Waals surface area contributed by atoms with Gasteiger partial charge in [-0.25, -0.2) is 18.4 Å². The van der Waals surface area contributed by atoms with Crippen molar-refractivity contribution in [3.05, 3.63) is 28.2 Å². The van der Waals surface area contributed by atoms with Crippen LogP contribution in [0.2, 0.25) is 0 Å². The number of piperidine rings is 1. The first-order valence-corrected chi connectivity index (χ1v) is 11.3. The Morgan fingerprint density at radius 2 is 2.00 bits per heavy atom. The van der Waals surface area contributed by atoms with Gasteiger partial charge in [-0.15, -0.1) is 0 Å². The molecule has 10 heteroatoms. The molecule has 1 aliphatic rings. The summed E-state index contributed by atoms with van der Waals surface area (Å²) in [5, 5.41) is 7.90. The van der Waals surface area contributed by atoms with Gasteiger partial charge in [-0.2, -0.15) is 0 Å². The lowest BCUT2D eigenvalue weighted by atomic mass is 10.0. The maximum Gasteiger partial charge on any atom is 0.407 e. The highest BCUT2D eigenvalue weighted by Crippen LogP contribution is 2.25. The van der Waals surface area contributed by atoms with Crippen LogP contribution in [0.3, 0.4) is 0 Å². The molecule has 2 rings (SSSR count). The molecule has 1 atom stereocenters. The van der Waals surface area contributed by atoms with Crippen LogP contribution >= 0.6 is 15.9 Å². The number of carbonyl (C=O) groups excluding carboxylic acids is 2. The summed E-state index contributed by atoms with van der Waals surface area (Å²) in [5.41, 5.74) is -0.388. The molecular formula is C18H26BrN3O5S. The standard InChI is InChI=1S/C18H26BrN3O5S/c1-18(2,3)27-17(24)21-11-12-6-4-5-9-22(12)16(23)14-10-13(28(20,25)26)7-8-15(14)19/h7-8,10,12H,4-6,9,11H2,1-3H3,(H,21,24)(H2,20,25,26). The van der Waals surface area contributed by atoms with Gasteiger partial charge in [-0.3, -0.25) is 4.79 Å². The van der Waals surface area contributed by atoms with E-state index in [0.29, 0.717) is 11.0 Å². The second-order valence-corrected chi connectivity index (χ2v) is 10.1. The highest BCUT2D eigenvalue weighted by Gasteiger charge is 2.30. The lowest BCUT2D eigenvalue weighted by Crippen LogP contribution is -2.50. The smallest absolute Gasteiger partial charge is 0.407 e. The second-order valence-electron chi connectivity index (χ2n) is 7.72. The highest BCUT2D eigenvalue weighted by atomic mass is 79.9. The van der Waals surface area contributed by atoms with E-state index in [1.54, 1.807) is 25.7 Å². The molecule has 1 fully saturated rings. The molecule has 0 bridgehead atoms. The van der Waals surface area contributed by atoms with Crippen LogP contribution < -0.4 is 10.5 Å². The minimum Gasteiger partial charge on any atom is -0.444 e. The Hall–Kier alpha value is -1.65. The van der Waals surface area contributed by atoms with Gasteiger partial charge in [-0.1, -0.05) is 0 Å². The summed E-state index contributed by atoms with van der Waals surface area (Å²) in [6.45, 7) is 6.11. The number of likely N-dealkylation sites (tertiary alicyclic amines) is 1. The van der Waals surface area contributed by atoms with Gasteiger partial charge in [0, 0.05) is 23.6 Å². The molecule has 1 aromatic rings. The van der Waals surface area contributed by atoms with Crippen molar-refractivity contribution in [3.63, 3.8) is 0 Å². The first-order chi connectivity index (χ1) is 12.9. The molecule has 0 radical (unpaired) electrons. The van der Waals surface area contributed by atoms with Crippen molar-refractivity contribution in [2.45, 2.75) is 56.6 Å². The number of hydrogen-bond donors (Lipinski definition) is 2. The van der Waals surface area contributed by atoms with Gasteiger partial charge >= 0.3 is 6.09 Å². The number of alkyl carbamates (subject to hydrolysis) is 1. The molecule has 0 spiro atoms. The number of ether oxygens (including phenoxy) is 1. The van der Waals surface area contributed by atoms with Crippen molar-refractivity contribution in [3.8, 4) is 0 Å². The quantitative estimate of drug-likeness (QED) is 0.693. The van der Waals surface area contributed by atoms with Gasteiger partial charge in [-0.05, 0) is 74.2 Å². The fourth-order valence-electron chi connectivity index (χ4n) is 3.00. The molecule has 2 amide bonds. The maximum atomic E-state index is 13.1. The maximum absolute atomic E-state index is 13.1. The molecule has 0 aliphatic carbocycles. The molecule has 1 aliphatic heterocycles. The lowest BCUT2D eigenvalue weighted by Gasteiger charge is -2.36. The number of nitrogens with one attached hydrogen (secondary N) is 1. The largest absolute Gasteiger partial charge is 0.444 e. The van der Waals surface area contributed by atoms with E-state index in [-0.39, 0.29) is 29.0 Å². The number of sulfonamides is 1. The molecular weight excluding hydrogens is 450 g/mol. The first kappa shape index (κ1) is 22.6. The third kappa shape index (κ3) is 6.18. The fraction of sp³-hybridized carbons (Fsp3) is 0.556. The van der Waals surface area contributed by atoms with Crippen LogP contribution in [-0.2, 0) is 14.8 Å². The predicted molar refractivity (Wildman–Crippen MR) is 108 cm³/mol. The van der Waals surface area contributed by atoms with Crippen molar-refractivity contribution in [1.82, 2.24) is 10.2 Å². The van der Waals surface area contributed by atoms with Crippen molar-refractivity contribution in [2.24, 2.45) is 5.14 Å². The average Bonchev–Trinajstić information content (AvgIpc) is 2.57. The minimum atomic E-state index is -3.92. The molecule has 28 heavy (non-hydrogen) atoms. The summed E-state index contributed by atoms with van der Waals surface area (Å²) in [6.07, 6.45) is 1.96. The number of nitrogens with two attached hydrogens (primary N) is 1. The number of rotatable bonds is 4. The summed E-state index contributed by atoms with van der Waals surface area (Å²) >= 11 is 3.31. The number of primary sulfonamides is 1. The molecule has 0 saturated carbocycles. The van der Waals surface area contributed by atoms with Crippen molar-refractivity contribution < 1.29 is 22.7 Å². The van der Waals surface area contributed by atoms with E-state index in [4.69, 9.17) is 9.88 Å². The van der Waals surface area contributed by atoms with E-state index in [1.165, 1.54) is 18.2 Å². The number of amides is 2. The number of nitrogens with zero attached hydrogens (tertiary/aromatic N) is 1. The van der Waals surface area contributed by atoms with Gasteiger partial charge in [0.15, 0.2) is 0 Å². The minimum absolute atomic E-state index is 0.125. The van der Waals surface area contributed by atoms with E-state index in [9.17, 15) is 18.0 Å². The molecule has 0 aromatic heterocycles. The number of benzene rings is 1. The second kappa shape index (κ2) is 8.79. The zero-order valence-electron chi connectivity index (χ0n) is 16.2. The van der Waals surface area contributed by atoms with Crippen LogP contribution in [0.4, 0.5) is 4.79 Å². The molecule has 1 unspecified atom stereocenters. The van der Waals surface area contributed by atoms with Gasteiger partial charge in [0.05, 0.1) is 10.5 Å². The van der Waals surface area contributed by atoms with E-state index in [2.05, 4.69) is 21.2 Å². The van der Waals surface area contributed by atoms with Crippen LogP contribution in [-0.4, -0.2) is 50.1 Å². The van der Waals surface area contributed by atoms with E-state index < -0.39 is 21.7 Å². The Morgan fingerprint density at radius 3 is 2.61 bits per heavy atom.